The summed E-state index contributed by atoms with van der Waals surface area (Å²) >= 11 is 3.25. The number of hydrogen-bond donors (Lipinski definition) is 0. The first-order chi connectivity index (χ1) is 9.38. The Labute approximate surface area is 123 Å². The summed E-state index contributed by atoms with van der Waals surface area (Å²) in [5.74, 6) is -1.65. The van der Waals surface area contributed by atoms with E-state index in [-0.39, 0.29) is 17.9 Å². The Balaban J connectivity index is 2.65. The molecular formula is C13H13BrN2O4. The third-order valence-corrected chi connectivity index (χ3v) is 3.72. The van der Waals surface area contributed by atoms with Gasteiger partial charge in [0.05, 0.1) is 17.6 Å². The Morgan fingerprint density at radius 1 is 1.20 bits per heavy atom. The summed E-state index contributed by atoms with van der Waals surface area (Å²) in [7, 11) is 3.25. The van der Waals surface area contributed by atoms with Gasteiger partial charge in [-0.25, -0.2) is 9.59 Å². The summed E-state index contributed by atoms with van der Waals surface area (Å²) in [6.07, 6.45) is 0. The molecule has 1 heterocycles. The number of halogens is 1. The molecule has 0 spiro atoms. The van der Waals surface area contributed by atoms with Crippen molar-refractivity contribution >= 4 is 38.7 Å². The van der Waals surface area contributed by atoms with E-state index in [9.17, 15) is 14.4 Å². The largest absolute Gasteiger partial charge is 0.460 e. The van der Waals surface area contributed by atoms with Gasteiger partial charge in [0.2, 0.25) is 0 Å². The van der Waals surface area contributed by atoms with E-state index in [0.29, 0.717) is 15.5 Å². The van der Waals surface area contributed by atoms with Crippen LogP contribution in [0.1, 0.15) is 17.3 Å². The molecule has 7 heteroatoms. The van der Waals surface area contributed by atoms with Gasteiger partial charge in [0.1, 0.15) is 0 Å². The first kappa shape index (κ1) is 14.5. The number of ether oxygens (including phenoxy) is 1. The van der Waals surface area contributed by atoms with Crippen molar-refractivity contribution in [3.05, 3.63) is 32.7 Å². The van der Waals surface area contributed by atoms with E-state index in [1.165, 1.54) is 15.2 Å². The zero-order valence-electron chi connectivity index (χ0n) is 11.3. The molecule has 0 amide bonds. The molecule has 2 aromatic rings. The lowest BCUT2D eigenvalue weighted by atomic mass is 10.1. The molecule has 1 aromatic carbocycles. The minimum Gasteiger partial charge on any atom is -0.460 e. The number of esters is 1. The average molecular weight is 341 g/mol. The van der Waals surface area contributed by atoms with E-state index in [0.717, 1.165) is 0 Å². The molecule has 0 fully saturated rings. The molecule has 0 unspecified atom stereocenters. The number of imidazole rings is 1. The summed E-state index contributed by atoms with van der Waals surface area (Å²) in [5.41, 5.74) is 1.22. The van der Waals surface area contributed by atoms with Crippen molar-refractivity contribution in [1.82, 2.24) is 9.13 Å². The number of ketones is 1. The number of carbonyl (C=O) groups is 2. The molecular weight excluding hydrogens is 328 g/mol. The molecule has 2 rings (SSSR count). The number of nitrogens with zero attached hydrogens (tertiary/aromatic N) is 2. The number of Topliss-reactive ketones (excluding diaryl/α,β-unsaturated/α-hetero) is 1. The molecule has 20 heavy (non-hydrogen) atoms. The smallest absolute Gasteiger partial charge is 0.379 e. The zero-order valence-corrected chi connectivity index (χ0v) is 12.9. The van der Waals surface area contributed by atoms with Crippen LogP contribution in [0.15, 0.2) is 21.4 Å². The Bertz CT molecular complexity index is 773. The SMILES string of the molecule is CCOC(=O)C(=O)c1cc2c(cc1Br)n(C)c(=O)n2C. The van der Waals surface area contributed by atoms with Crippen LogP contribution in [-0.2, 0) is 23.6 Å². The minimum atomic E-state index is -0.909. The highest BCUT2D eigenvalue weighted by Crippen LogP contribution is 2.24. The van der Waals surface area contributed by atoms with E-state index < -0.39 is 11.8 Å². The second-order valence-electron chi connectivity index (χ2n) is 4.27. The average Bonchev–Trinajstić information content (AvgIpc) is 2.62. The standard InChI is InChI=1S/C13H13BrN2O4/c1-4-20-12(18)11(17)7-5-9-10(6-8(7)14)16(3)13(19)15(9)2/h5-6H,4H2,1-3H3. The van der Waals surface area contributed by atoms with E-state index in [4.69, 9.17) is 4.74 Å². The van der Waals surface area contributed by atoms with Crippen molar-refractivity contribution in [3.8, 4) is 0 Å². The van der Waals surface area contributed by atoms with Gasteiger partial charge in [0, 0.05) is 24.1 Å². The van der Waals surface area contributed by atoms with Gasteiger partial charge in [0.25, 0.3) is 5.78 Å². The highest BCUT2D eigenvalue weighted by Gasteiger charge is 2.22. The first-order valence-corrected chi connectivity index (χ1v) is 6.74. The second kappa shape index (κ2) is 5.24. The van der Waals surface area contributed by atoms with E-state index in [2.05, 4.69) is 15.9 Å². The lowest BCUT2D eigenvalue weighted by Crippen LogP contribution is -2.19. The van der Waals surface area contributed by atoms with Crippen LogP contribution in [0.4, 0.5) is 0 Å². The van der Waals surface area contributed by atoms with Gasteiger partial charge in [-0.05, 0) is 35.0 Å². The Morgan fingerprint density at radius 3 is 2.30 bits per heavy atom. The monoisotopic (exact) mass is 340 g/mol. The van der Waals surface area contributed by atoms with E-state index >= 15 is 0 Å². The highest BCUT2D eigenvalue weighted by atomic mass is 79.9. The maximum absolute atomic E-state index is 12.0. The predicted molar refractivity (Wildman–Crippen MR) is 76.8 cm³/mol. The lowest BCUT2D eigenvalue weighted by Gasteiger charge is -2.05. The number of hydrogen-bond acceptors (Lipinski definition) is 4. The Morgan fingerprint density at radius 2 is 1.75 bits per heavy atom. The molecule has 0 aliphatic rings. The molecule has 0 radical (unpaired) electrons. The quantitative estimate of drug-likeness (QED) is 0.481. The number of rotatable bonds is 3. The lowest BCUT2D eigenvalue weighted by molar-refractivity contribution is -0.137. The third kappa shape index (κ3) is 2.18. The van der Waals surface area contributed by atoms with Gasteiger partial charge < -0.3 is 4.74 Å². The van der Waals surface area contributed by atoms with Crippen LogP contribution in [0.25, 0.3) is 11.0 Å². The first-order valence-electron chi connectivity index (χ1n) is 5.94. The number of carbonyl (C=O) groups excluding carboxylic acids is 2. The Hall–Kier alpha value is -1.89. The number of benzene rings is 1. The summed E-state index contributed by atoms with van der Waals surface area (Å²) in [4.78, 5) is 35.4. The summed E-state index contributed by atoms with van der Waals surface area (Å²) in [6, 6.07) is 3.16. The van der Waals surface area contributed by atoms with Crippen molar-refractivity contribution in [2.45, 2.75) is 6.92 Å². The summed E-state index contributed by atoms with van der Waals surface area (Å²) in [6.45, 7) is 1.76. The minimum absolute atomic E-state index is 0.133. The third-order valence-electron chi connectivity index (χ3n) is 3.07. The molecule has 0 saturated carbocycles. The maximum Gasteiger partial charge on any atom is 0.379 e. The van der Waals surface area contributed by atoms with Crippen LogP contribution in [0.5, 0.6) is 0 Å². The van der Waals surface area contributed by atoms with Gasteiger partial charge in [-0.15, -0.1) is 0 Å². The fraction of sp³-hybridized carbons (Fsp3) is 0.308. The second-order valence-corrected chi connectivity index (χ2v) is 5.13. The number of aryl methyl sites for hydroxylation is 2. The van der Waals surface area contributed by atoms with Gasteiger partial charge in [-0.3, -0.25) is 13.9 Å². The highest BCUT2D eigenvalue weighted by molar-refractivity contribution is 9.10. The molecule has 0 aliphatic carbocycles. The topological polar surface area (TPSA) is 70.3 Å². The van der Waals surface area contributed by atoms with Crippen molar-refractivity contribution in [3.63, 3.8) is 0 Å². The van der Waals surface area contributed by atoms with Gasteiger partial charge >= 0.3 is 11.7 Å². The Kier molecular flexibility index (Phi) is 3.80. The number of aromatic nitrogens is 2. The van der Waals surface area contributed by atoms with Crippen LogP contribution in [0.2, 0.25) is 0 Å². The maximum atomic E-state index is 12.0. The van der Waals surface area contributed by atoms with Gasteiger partial charge in [-0.2, -0.15) is 0 Å². The van der Waals surface area contributed by atoms with Crippen LogP contribution in [0.3, 0.4) is 0 Å². The fourth-order valence-corrected chi connectivity index (χ4v) is 2.51. The van der Waals surface area contributed by atoms with E-state index in [1.807, 2.05) is 0 Å². The summed E-state index contributed by atoms with van der Waals surface area (Å²) < 4.78 is 8.04. The van der Waals surface area contributed by atoms with Crippen LogP contribution in [0, 0.1) is 0 Å². The van der Waals surface area contributed by atoms with Crippen molar-refractivity contribution < 1.29 is 14.3 Å². The van der Waals surface area contributed by atoms with Gasteiger partial charge in [-0.1, -0.05) is 0 Å². The molecule has 0 N–H and O–H groups in total. The van der Waals surface area contributed by atoms with E-state index in [1.54, 1.807) is 27.1 Å². The van der Waals surface area contributed by atoms with Crippen molar-refractivity contribution in [2.24, 2.45) is 14.1 Å². The normalized spacial score (nSPS) is 10.8. The number of fused-ring (bicyclic) bond motifs is 1. The molecule has 0 atom stereocenters. The van der Waals surface area contributed by atoms with Crippen LogP contribution in [-0.4, -0.2) is 27.5 Å². The predicted octanol–water partition coefficient (Wildman–Crippen LogP) is 1.39. The van der Waals surface area contributed by atoms with Crippen molar-refractivity contribution in [2.75, 3.05) is 6.61 Å². The molecule has 0 saturated heterocycles. The van der Waals surface area contributed by atoms with Crippen LogP contribution < -0.4 is 5.69 Å². The van der Waals surface area contributed by atoms with Gasteiger partial charge in [0.15, 0.2) is 0 Å². The fourth-order valence-electron chi connectivity index (χ4n) is 2.00. The molecule has 6 nitrogen and oxygen atoms in total. The molecule has 1 aromatic heterocycles. The summed E-state index contributed by atoms with van der Waals surface area (Å²) in [5, 5.41) is 0. The molecule has 106 valence electrons. The van der Waals surface area contributed by atoms with Crippen LogP contribution >= 0.6 is 15.9 Å². The molecule has 0 bridgehead atoms. The van der Waals surface area contributed by atoms with Crippen molar-refractivity contribution in [1.29, 1.82) is 0 Å². The molecule has 0 aliphatic heterocycles. The zero-order chi connectivity index (χ0) is 15.0.